The largest absolute Gasteiger partial charge is 0.495 e. The molecule has 0 saturated heterocycles. The van der Waals surface area contributed by atoms with Gasteiger partial charge in [0.2, 0.25) is 5.91 Å². The van der Waals surface area contributed by atoms with E-state index in [1.807, 2.05) is 37.3 Å². The molecule has 0 saturated carbocycles. The van der Waals surface area contributed by atoms with Crippen LogP contribution in [0.2, 0.25) is 5.02 Å². The lowest BCUT2D eigenvalue weighted by Gasteiger charge is -2.11. The van der Waals surface area contributed by atoms with Crippen LogP contribution < -0.4 is 15.6 Å². The number of ether oxygens (including phenoxy) is 1. The fourth-order valence-corrected chi connectivity index (χ4v) is 3.03. The molecule has 3 aromatic rings. The number of carbonyl (C=O) groups is 1. The maximum atomic E-state index is 12.3. The number of nitrogens with one attached hydrogen (secondary N) is 1. The van der Waals surface area contributed by atoms with Gasteiger partial charge < -0.3 is 10.1 Å². The van der Waals surface area contributed by atoms with Gasteiger partial charge in [-0.3, -0.25) is 9.59 Å². The fraction of sp³-hybridized carbons (Fsp3) is 0.227. The molecule has 1 heterocycles. The summed E-state index contributed by atoms with van der Waals surface area (Å²) in [5.41, 5.74) is 3.00. The predicted molar refractivity (Wildman–Crippen MR) is 115 cm³/mol. The molecule has 29 heavy (non-hydrogen) atoms. The predicted octanol–water partition coefficient (Wildman–Crippen LogP) is 4.30. The summed E-state index contributed by atoms with van der Waals surface area (Å²) >= 11 is 5.92. The molecule has 1 N–H and O–H groups in total. The smallest absolute Gasteiger partial charge is 0.266 e. The first-order valence-electron chi connectivity index (χ1n) is 9.25. The third kappa shape index (κ3) is 5.45. The number of rotatable bonds is 7. The first-order chi connectivity index (χ1) is 14.0. The van der Waals surface area contributed by atoms with Crippen molar-refractivity contribution < 1.29 is 9.53 Å². The van der Waals surface area contributed by atoms with Crippen molar-refractivity contribution in [1.82, 2.24) is 9.78 Å². The number of halogens is 1. The SMILES string of the molecule is COc1ccc(C)cc1NC(=O)CCCn1nc(-c2ccc(Cl)cc2)ccc1=O. The molecular weight excluding hydrogens is 390 g/mol. The monoisotopic (exact) mass is 411 g/mol. The molecule has 0 fully saturated rings. The minimum Gasteiger partial charge on any atom is -0.495 e. The third-order valence-electron chi connectivity index (χ3n) is 4.41. The highest BCUT2D eigenvalue weighted by Crippen LogP contribution is 2.25. The van der Waals surface area contributed by atoms with Crippen LogP contribution >= 0.6 is 11.6 Å². The lowest BCUT2D eigenvalue weighted by atomic mass is 10.1. The summed E-state index contributed by atoms with van der Waals surface area (Å²) in [4.78, 5) is 24.4. The molecular formula is C22H22ClN3O3. The Morgan fingerprint density at radius 3 is 2.62 bits per heavy atom. The van der Waals surface area contributed by atoms with Crippen molar-refractivity contribution in [2.24, 2.45) is 0 Å². The normalized spacial score (nSPS) is 10.6. The number of nitrogens with zero attached hydrogens (tertiary/aromatic N) is 2. The molecule has 0 radical (unpaired) electrons. The highest BCUT2D eigenvalue weighted by Gasteiger charge is 2.09. The summed E-state index contributed by atoms with van der Waals surface area (Å²) in [6.45, 7) is 2.29. The fourth-order valence-electron chi connectivity index (χ4n) is 2.91. The van der Waals surface area contributed by atoms with E-state index in [0.29, 0.717) is 35.1 Å². The molecule has 7 heteroatoms. The molecule has 3 rings (SSSR count). The quantitative estimate of drug-likeness (QED) is 0.629. The van der Waals surface area contributed by atoms with E-state index in [9.17, 15) is 9.59 Å². The van der Waals surface area contributed by atoms with Gasteiger partial charge in [-0.1, -0.05) is 29.8 Å². The highest BCUT2D eigenvalue weighted by molar-refractivity contribution is 6.30. The molecule has 1 aromatic heterocycles. The summed E-state index contributed by atoms with van der Waals surface area (Å²) in [5, 5.41) is 7.90. The van der Waals surface area contributed by atoms with E-state index >= 15 is 0 Å². The van der Waals surface area contributed by atoms with Crippen LogP contribution in [0.3, 0.4) is 0 Å². The summed E-state index contributed by atoms with van der Waals surface area (Å²) in [7, 11) is 1.56. The lowest BCUT2D eigenvalue weighted by molar-refractivity contribution is -0.116. The van der Waals surface area contributed by atoms with Gasteiger partial charge in [-0.05, 0) is 49.2 Å². The number of hydrogen-bond acceptors (Lipinski definition) is 4. The second-order valence-corrected chi connectivity index (χ2v) is 7.08. The van der Waals surface area contributed by atoms with Gasteiger partial charge in [0.25, 0.3) is 5.56 Å². The van der Waals surface area contributed by atoms with E-state index in [2.05, 4.69) is 10.4 Å². The van der Waals surface area contributed by atoms with Gasteiger partial charge in [-0.2, -0.15) is 5.10 Å². The topological polar surface area (TPSA) is 73.2 Å². The molecule has 0 bridgehead atoms. The number of anilines is 1. The Labute approximate surface area is 174 Å². The Balaban J connectivity index is 1.62. The number of aryl methyl sites for hydroxylation is 2. The van der Waals surface area contributed by atoms with E-state index < -0.39 is 0 Å². The zero-order chi connectivity index (χ0) is 20.8. The standard InChI is InChI=1S/C22H22ClN3O3/c1-15-5-11-20(29-2)19(14-15)24-21(27)4-3-13-26-22(28)12-10-18(25-26)16-6-8-17(23)9-7-16/h5-12,14H,3-4,13H2,1-2H3,(H,24,27). The van der Waals surface area contributed by atoms with Crippen LogP contribution in [-0.4, -0.2) is 22.8 Å². The molecule has 0 spiro atoms. The number of benzene rings is 2. The van der Waals surface area contributed by atoms with Crippen LogP contribution in [0.5, 0.6) is 5.75 Å². The van der Waals surface area contributed by atoms with Gasteiger partial charge in [0.1, 0.15) is 5.75 Å². The molecule has 0 unspecified atom stereocenters. The van der Waals surface area contributed by atoms with Crippen molar-refractivity contribution in [2.75, 3.05) is 12.4 Å². The van der Waals surface area contributed by atoms with Crippen LogP contribution in [-0.2, 0) is 11.3 Å². The number of amides is 1. The molecule has 0 aliphatic rings. The summed E-state index contributed by atoms with van der Waals surface area (Å²) < 4.78 is 6.65. The van der Waals surface area contributed by atoms with Gasteiger partial charge >= 0.3 is 0 Å². The minimum atomic E-state index is -0.205. The second-order valence-electron chi connectivity index (χ2n) is 6.64. The van der Waals surface area contributed by atoms with E-state index in [1.54, 1.807) is 25.3 Å². The van der Waals surface area contributed by atoms with Crippen LogP contribution in [0.4, 0.5) is 5.69 Å². The zero-order valence-corrected chi connectivity index (χ0v) is 17.1. The summed E-state index contributed by atoms with van der Waals surface area (Å²) in [5.74, 6) is 0.466. The molecule has 0 aliphatic carbocycles. The van der Waals surface area contributed by atoms with E-state index in [4.69, 9.17) is 16.3 Å². The van der Waals surface area contributed by atoms with E-state index in [1.165, 1.54) is 10.7 Å². The molecule has 0 aliphatic heterocycles. The highest BCUT2D eigenvalue weighted by atomic mass is 35.5. The maximum absolute atomic E-state index is 12.3. The summed E-state index contributed by atoms with van der Waals surface area (Å²) in [6, 6.07) is 16.0. The van der Waals surface area contributed by atoms with Crippen LogP contribution in [0.1, 0.15) is 18.4 Å². The van der Waals surface area contributed by atoms with E-state index in [0.717, 1.165) is 11.1 Å². The average molecular weight is 412 g/mol. The number of aromatic nitrogens is 2. The average Bonchev–Trinajstić information content (AvgIpc) is 2.70. The van der Waals surface area contributed by atoms with E-state index in [-0.39, 0.29) is 17.9 Å². The first-order valence-corrected chi connectivity index (χ1v) is 9.62. The van der Waals surface area contributed by atoms with Gasteiger partial charge in [-0.25, -0.2) is 4.68 Å². The van der Waals surface area contributed by atoms with Crippen molar-refractivity contribution in [1.29, 1.82) is 0 Å². The van der Waals surface area contributed by atoms with Crippen molar-refractivity contribution in [3.8, 4) is 17.0 Å². The molecule has 1 amide bonds. The molecule has 150 valence electrons. The van der Waals surface area contributed by atoms with Gasteiger partial charge in [0.15, 0.2) is 0 Å². The van der Waals surface area contributed by atoms with Gasteiger partial charge in [0, 0.05) is 29.6 Å². The van der Waals surface area contributed by atoms with Crippen LogP contribution in [0.25, 0.3) is 11.3 Å². The molecule has 0 atom stereocenters. The Hall–Kier alpha value is -3.12. The number of carbonyl (C=O) groups excluding carboxylic acids is 1. The second kappa shape index (κ2) is 9.39. The Morgan fingerprint density at radius 1 is 1.14 bits per heavy atom. The van der Waals surface area contributed by atoms with Crippen molar-refractivity contribution in [3.05, 3.63) is 75.5 Å². The third-order valence-corrected chi connectivity index (χ3v) is 4.66. The Kier molecular flexibility index (Phi) is 6.67. The van der Waals surface area contributed by atoms with Crippen LogP contribution in [0, 0.1) is 6.92 Å². The lowest BCUT2D eigenvalue weighted by Crippen LogP contribution is -2.23. The van der Waals surface area contributed by atoms with Crippen molar-refractivity contribution in [3.63, 3.8) is 0 Å². The first kappa shape index (κ1) is 20.6. The number of methoxy groups -OCH3 is 1. The van der Waals surface area contributed by atoms with Crippen LogP contribution in [0.15, 0.2) is 59.4 Å². The zero-order valence-electron chi connectivity index (χ0n) is 16.3. The summed E-state index contributed by atoms with van der Waals surface area (Å²) in [6.07, 6.45) is 0.743. The Bertz CT molecular complexity index is 1060. The minimum absolute atomic E-state index is 0.143. The molecule has 2 aromatic carbocycles. The van der Waals surface area contributed by atoms with Crippen molar-refractivity contribution in [2.45, 2.75) is 26.3 Å². The van der Waals surface area contributed by atoms with Crippen molar-refractivity contribution >= 4 is 23.2 Å². The maximum Gasteiger partial charge on any atom is 0.266 e. The Morgan fingerprint density at radius 2 is 1.90 bits per heavy atom. The number of hydrogen-bond donors (Lipinski definition) is 1. The van der Waals surface area contributed by atoms with Gasteiger partial charge in [-0.15, -0.1) is 0 Å². The van der Waals surface area contributed by atoms with Gasteiger partial charge in [0.05, 0.1) is 18.5 Å². The molecule has 6 nitrogen and oxygen atoms in total.